The first-order chi connectivity index (χ1) is 9.56. The van der Waals surface area contributed by atoms with E-state index in [1.165, 1.54) is 12.1 Å². The van der Waals surface area contributed by atoms with Gasteiger partial charge in [-0.05, 0) is 24.1 Å². The lowest BCUT2D eigenvalue weighted by molar-refractivity contribution is -0.145. The van der Waals surface area contributed by atoms with E-state index >= 15 is 0 Å². The van der Waals surface area contributed by atoms with Gasteiger partial charge in [0.2, 0.25) is 0 Å². The zero-order chi connectivity index (χ0) is 15.0. The smallest absolute Gasteiger partial charge is 0.344 e. The van der Waals surface area contributed by atoms with E-state index in [9.17, 15) is 9.18 Å². The fourth-order valence-corrected chi connectivity index (χ4v) is 1.67. The highest BCUT2D eigenvalue weighted by atomic mass is 19.1. The average Bonchev–Trinajstić information content (AvgIpc) is 2.40. The van der Waals surface area contributed by atoms with Gasteiger partial charge in [-0.25, -0.2) is 9.18 Å². The lowest BCUT2D eigenvalue weighted by Crippen LogP contribution is -2.26. The number of hydrogen-bond donors (Lipinski definition) is 2. The molecule has 20 heavy (non-hydrogen) atoms. The number of ether oxygens (including phenoxy) is 2. The predicted octanol–water partition coefficient (Wildman–Crippen LogP) is 1.80. The van der Waals surface area contributed by atoms with E-state index < -0.39 is 17.9 Å². The first kappa shape index (κ1) is 16.4. The van der Waals surface area contributed by atoms with E-state index in [0.29, 0.717) is 31.7 Å². The van der Waals surface area contributed by atoms with Crippen molar-refractivity contribution in [1.29, 1.82) is 0 Å². The van der Waals surface area contributed by atoms with Crippen molar-refractivity contribution in [3.63, 3.8) is 0 Å². The molecule has 1 rings (SSSR count). The second-order valence-corrected chi connectivity index (χ2v) is 4.32. The second kappa shape index (κ2) is 8.50. The zero-order valence-electron chi connectivity index (χ0n) is 11.7. The summed E-state index contributed by atoms with van der Waals surface area (Å²) in [6.07, 6.45) is -0.654. The number of rotatable bonds is 9. The van der Waals surface area contributed by atoms with Gasteiger partial charge in [0.05, 0.1) is 6.61 Å². The number of benzene rings is 1. The van der Waals surface area contributed by atoms with Crippen LogP contribution in [0.15, 0.2) is 18.2 Å². The van der Waals surface area contributed by atoms with Crippen LogP contribution in [0.1, 0.15) is 18.9 Å². The molecule has 0 aliphatic rings. The van der Waals surface area contributed by atoms with Crippen molar-refractivity contribution in [3.05, 3.63) is 29.6 Å². The molecule has 0 amide bonds. The quantitative estimate of drug-likeness (QED) is 0.677. The van der Waals surface area contributed by atoms with Crippen LogP contribution < -0.4 is 10.1 Å². The summed E-state index contributed by atoms with van der Waals surface area (Å²) in [4.78, 5) is 10.9. The highest BCUT2D eigenvalue weighted by Gasteiger charge is 2.17. The molecule has 2 N–H and O–H groups in total. The van der Waals surface area contributed by atoms with E-state index in [2.05, 4.69) is 5.32 Å². The summed E-state index contributed by atoms with van der Waals surface area (Å²) in [5.41, 5.74) is 0.691. The van der Waals surface area contributed by atoms with E-state index in [1.807, 2.05) is 0 Å². The molecule has 0 aliphatic carbocycles. The topological polar surface area (TPSA) is 67.8 Å². The molecule has 0 spiro atoms. The summed E-state index contributed by atoms with van der Waals surface area (Å²) >= 11 is 0. The summed E-state index contributed by atoms with van der Waals surface area (Å²) in [6, 6.07) is 4.20. The summed E-state index contributed by atoms with van der Waals surface area (Å²) in [7, 11) is 1.60. The van der Waals surface area contributed by atoms with Gasteiger partial charge in [0.25, 0.3) is 0 Å². The Hall–Kier alpha value is -1.66. The molecule has 6 heteroatoms. The van der Waals surface area contributed by atoms with Gasteiger partial charge in [0.15, 0.2) is 6.10 Å². The molecule has 0 radical (unpaired) electrons. The summed E-state index contributed by atoms with van der Waals surface area (Å²) in [6.45, 7) is 3.37. The summed E-state index contributed by atoms with van der Waals surface area (Å²) in [5.74, 6) is -1.29. The maximum Gasteiger partial charge on any atom is 0.344 e. The van der Waals surface area contributed by atoms with Crippen LogP contribution in [-0.4, -0.2) is 37.4 Å². The Labute approximate surface area is 117 Å². The molecule has 1 aromatic carbocycles. The lowest BCUT2D eigenvalue weighted by Gasteiger charge is -2.14. The number of carbonyl (C=O) groups is 1. The Morgan fingerprint density at radius 3 is 2.80 bits per heavy atom. The monoisotopic (exact) mass is 285 g/mol. The van der Waals surface area contributed by atoms with Crippen molar-refractivity contribution in [1.82, 2.24) is 5.32 Å². The zero-order valence-corrected chi connectivity index (χ0v) is 11.7. The van der Waals surface area contributed by atoms with Crippen LogP contribution >= 0.6 is 0 Å². The normalized spacial score (nSPS) is 12.2. The van der Waals surface area contributed by atoms with Crippen LogP contribution in [0, 0.1) is 5.82 Å². The minimum Gasteiger partial charge on any atom is -0.479 e. The Morgan fingerprint density at radius 2 is 2.20 bits per heavy atom. The van der Waals surface area contributed by atoms with Crippen molar-refractivity contribution in [2.45, 2.75) is 26.0 Å². The van der Waals surface area contributed by atoms with Gasteiger partial charge in [-0.3, -0.25) is 0 Å². The fourth-order valence-electron chi connectivity index (χ4n) is 1.67. The van der Waals surface area contributed by atoms with Gasteiger partial charge in [0.1, 0.15) is 11.6 Å². The first-order valence-corrected chi connectivity index (χ1v) is 6.45. The molecule has 0 aliphatic heterocycles. The highest BCUT2D eigenvalue weighted by Crippen LogP contribution is 2.18. The van der Waals surface area contributed by atoms with Crippen molar-refractivity contribution in [3.8, 4) is 5.75 Å². The van der Waals surface area contributed by atoms with Crippen molar-refractivity contribution >= 4 is 5.97 Å². The lowest BCUT2D eigenvalue weighted by atomic mass is 10.2. The standard InChI is InChI=1S/C14H20FNO4/c1-3-13(14(17)18)20-12-7-10(6-11(15)8-12)9-16-4-5-19-2/h6-8,13,16H,3-5,9H2,1-2H3,(H,17,18). The molecule has 1 atom stereocenters. The second-order valence-electron chi connectivity index (χ2n) is 4.32. The minimum absolute atomic E-state index is 0.225. The SMILES string of the molecule is CCC(Oc1cc(F)cc(CNCCOC)c1)C(=O)O. The van der Waals surface area contributed by atoms with Crippen LogP contribution in [0.25, 0.3) is 0 Å². The van der Waals surface area contributed by atoms with Gasteiger partial charge in [-0.15, -0.1) is 0 Å². The van der Waals surface area contributed by atoms with Crippen molar-refractivity contribution < 1.29 is 23.8 Å². The van der Waals surface area contributed by atoms with Gasteiger partial charge in [0, 0.05) is 26.3 Å². The third kappa shape index (κ3) is 5.54. The molecule has 0 saturated carbocycles. The van der Waals surface area contributed by atoms with E-state index in [0.717, 1.165) is 0 Å². The Kier molecular flexibility index (Phi) is 6.97. The molecular formula is C14H20FNO4. The average molecular weight is 285 g/mol. The number of hydrogen-bond acceptors (Lipinski definition) is 4. The van der Waals surface area contributed by atoms with Crippen LogP contribution in [0.2, 0.25) is 0 Å². The summed E-state index contributed by atoms with van der Waals surface area (Å²) < 4.78 is 23.7. The molecule has 1 unspecified atom stereocenters. The number of aliphatic carboxylic acids is 1. The molecule has 0 bridgehead atoms. The summed E-state index contributed by atoms with van der Waals surface area (Å²) in [5, 5.41) is 12.0. The predicted molar refractivity (Wildman–Crippen MR) is 72.3 cm³/mol. The van der Waals surface area contributed by atoms with Gasteiger partial charge < -0.3 is 19.9 Å². The van der Waals surface area contributed by atoms with Crippen LogP contribution in [0.5, 0.6) is 5.75 Å². The van der Waals surface area contributed by atoms with E-state index in [1.54, 1.807) is 20.1 Å². The third-order valence-electron chi connectivity index (χ3n) is 2.67. The number of carboxylic acids is 1. The third-order valence-corrected chi connectivity index (χ3v) is 2.67. The largest absolute Gasteiger partial charge is 0.479 e. The molecular weight excluding hydrogens is 265 g/mol. The van der Waals surface area contributed by atoms with E-state index in [-0.39, 0.29) is 5.75 Å². The molecule has 0 saturated heterocycles. The van der Waals surface area contributed by atoms with Gasteiger partial charge >= 0.3 is 5.97 Å². The van der Waals surface area contributed by atoms with Crippen molar-refractivity contribution in [2.24, 2.45) is 0 Å². The number of halogens is 1. The Balaban J connectivity index is 2.67. The maximum atomic E-state index is 13.5. The van der Waals surface area contributed by atoms with E-state index in [4.69, 9.17) is 14.6 Å². The van der Waals surface area contributed by atoms with Gasteiger partial charge in [-0.2, -0.15) is 0 Å². The fraction of sp³-hybridized carbons (Fsp3) is 0.500. The van der Waals surface area contributed by atoms with Crippen LogP contribution in [-0.2, 0) is 16.1 Å². The molecule has 0 aromatic heterocycles. The molecule has 112 valence electrons. The Bertz CT molecular complexity index is 439. The van der Waals surface area contributed by atoms with Gasteiger partial charge in [-0.1, -0.05) is 6.92 Å². The highest BCUT2D eigenvalue weighted by molar-refractivity contribution is 5.72. The molecule has 0 heterocycles. The molecule has 0 fully saturated rings. The maximum absolute atomic E-state index is 13.5. The number of methoxy groups -OCH3 is 1. The van der Waals surface area contributed by atoms with Crippen LogP contribution in [0.3, 0.4) is 0 Å². The van der Waals surface area contributed by atoms with Crippen molar-refractivity contribution in [2.75, 3.05) is 20.3 Å². The molecule has 1 aromatic rings. The first-order valence-electron chi connectivity index (χ1n) is 6.45. The molecule has 5 nitrogen and oxygen atoms in total. The minimum atomic E-state index is -1.06. The number of nitrogens with one attached hydrogen (secondary N) is 1. The number of carboxylic acid groups (broad SMARTS) is 1. The Morgan fingerprint density at radius 1 is 1.45 bits per heavy atom. The van der Waals surface area contributed by atoms with Crippen LogP contribution in [0.4, 0.5) is 4.39 Å².